The van der Waals surface area contributed by atoms with Gasteiger partial charge in [-0.1, -0.05) is 48.2 Å². The first-order valence-electron chi connectivity index (χ1n) is 9.03. The third-order valence-electron chi connectivity index (χ3n) is 4.36. The fourth-order valence-corrected chi connectivity index (χ4v) is 3.76. The fraction of sp³-hybridized carbons (Fsp3) is 0.190. The molecule has 1 N–H and O–H groups in total. The fourth-order valence-electron chi connectivity index (χ4n) is 3.14. The number of anilines is 1. The van der Waals surface area contributed by atoms with Crippen LogP contribution in [0.15, 0.2) is 70.4 Å². The van der Waals surface area contributed by atoms with Gasteiger partial charge < -0.3 is 14.3 Å². The Labute approximate surface area is 167 Å². The second-order valence-electron chi connectivity index (χ2n) is 6.60. The van der Waals surface area contributed by atoms with Crippen molar-refractivity contribution in [1.82, 2.24) is 15.2 Å². The first kappa shape index (κ1) is 18.3. The van der Waals surface area contributed by atoms with E-state index in [0.29, 0.717) is 11.1 Å². The van der Waals surface area contributed by atoms with Gasteiger partial charge in [0.05, 0.1) is 11.3 Å². The number of para-hydroxylation sites is 2. The molecule has 0 radical (unpaired) electrons. The summed E-state index contributed by atoms with van der Waals surface area (Å²) in [6.07, 6.45) is 1.85. The topological polar surface area (TPSA) is 75.0 Å². The summed E-state index contributed by atoms with van der Waals surface area (Å²) in [4.78, 5) is 17.8. The van der Waals surface area contributed by atoms with Gasteiger partial charge >= 0.3 is 0 Å². The molecule has 0 unspecified atom stereocenters. The van der Waals surface area contributed by atoms with Crippen LogP contribution in [-0.4, -0.2) is 32.9 Å². The Kier molecular flexibility index (Phi) is 5.16. The van der Waals surface area contributed by atoms with E-state index in [0.717, 1.165) is 22.2 Å². The minimum Gasteiger partial charge on any atom is -0.411 e. The lowest BCUT2D eigenvalue weighted by Gasteiger charge is -2.26. The van der Waals surface area contributed by atoms with Crippen LogP contribution in [0.1, 0.15) is 13.8 Å². The number of nitrogens with zero attached hydrogens (tertiary/aromatic N) is 3. The van der Waals surface area contributed by atoms with Crippen molar-refractivity contribution in [2.75, 3.05) is 10.7 Å². The monoisotopic (exact) mass is 392 g/mol. The summed E-state index contributed by atoms with van der Waals surface area (Å²) < 4.78 is 5.78. The second-order valence-corrected chi connectivity index (χ2v) is 7.53. The zero-order valence-electron chi connectivity index (χ0n) is 15.6. The van der Waals surface area contributed by atoms with Crippen LogP contribution in [0.3, 0.4) is 0 Å². The van der Waals surface area contributed by atoms with Gasteiger partial charge in [-0.2, -0.15) is 0 Å². The summed E-state index contributed by atoms with van der Waals surface area (Å²) in [5.74, 6) is 0.664. The third kappa shape index (κ3) is 3.66. The maximum Gasteiger partial charge on any atom is 0.277 e. The summed E-state index contributed by atoms with van der Waals surface area (Å²) in [6, 6.07) is 17.6. The number of H-pyrrole nitrogens is 1. The molecule has 2 aromatic carbocycles. The van der Waals surface area contributed by atoms with E-state index in [-0.39, 0.29) is 17.7 Å². The van der Waals surface area contributed by atoms with Crippen molar-refractivity contribution in [1.29, 1.82) is 0 Å². The van der Waals surface area contributed by atoms with Crippen molar-refractivity contribution in [2.45, 2.75) is 25.1 Å². The number of thioether (sulfide) groups is 1. The van der Waals surface area contributed by atoms with Crippen molar-refractivity contribution in [2.24, 2.45) is 0 Å². The maximum atomic E-state index is 12.8. The minimum atomic E-state index is -0.00181. The Balaban J connectivity index is 1.48. The molecular weight excluding hydrogens is 372 g/mol. The SMILES string of the molecule is CC(C)N(C(=O)CSc1nnc(-c2c[nH]c3ccccc23)o1)c1ccccc1. The normalized spacial score (nSPS) is 11.2. The molecule has 0 aliphatic heterocycles. The van der Waals surface area contributed by atoms with Gasteiger partial charge in [0.15, 0.2) is 0 Å². The number of rotatable bonds is 6. The van der Waals surface area contributed by atoms with Crippen LogP contribution in [0.25, 0.3) is 22.4 Å². The molecule has 4 aromatic rings. The number of amides is 1. The van der Waals surface area contributed by atoms with Gasteiger partial charge in [-0.05, 0) is 32.0 Å². The number of aromatic amines is 1. The van der Waals surface area contributed by atoms with Crippen LogP contribution in [0.2, 0.25) is 0 Å². The lowest BCUT2D eigenvalue weighted by Crippen LogP contribution is -2.38. The van der Waals surface area contributed by atoms with Gasteiger partial charge in [0.25, 0.3) is 11.1 Å². The summed E-state index contributed by atoms with van der Waals surface area (Å²) in [6.45, 7) is 3.99. The van der Waals surface area contributed by atoms with E-state index in [1.54, 1.807) is 4.90 Å². The minimum absolute atomic E-state index is 0.00181. The van der Waals surface area contributed by atoms with Gasteiger partial charge in [-0.25, -0.2) is 0 Å². The standard InChI is InChI=1S/C21H20N4O2S/c1-14(2)25(15-8-4-3-5-9-15)19(26)13-28-21-24-23-20(27-21)17-12-22-18-11-7-6-10-16(17)18/h3-12,14,22H,13H2,1-2H3. The Morgan fingerprint density at radius 3 is 2.64 bits per heavy atom. The number of hydrogen-bond acceptors (Lipinski definition) is 5. The van der Waals surface area contributed by atoms with Crippen molar-refractivity contribution in [3.8, 4) is 11.5 Å². The molecule has 142 valence electrons. The van der Waals surface area contributed by atoms with E-state index in [2.05, 4.69) is 15.2 Å². The highest BCUT2D eigenvalue weighted by Crippen LogP contribution is 2.29. The van der Waals surface area contributed by atoms with Crippen LogP contribution < -0.4 is 4.90 Å². The summed E-state index contributed by atoms with van der Waals surface area (Å²) >= 11 is 1.25. The Hall–Kier alpha value is -3.06. The molecule has 2 heterocycles. The molecule has 0 atom stereocenters. The molecule has 0 spiro atoms. The second kappa shape index (κ2) is 7.90. The van der Waals surface area contributed by atoms with Gasteiger partial charge in [0, 0.05) is 28.8 Å². The predicted octanol–water partition coefficient (Wildman–Crippen LogP) is 4.75. The van der Waals surface area contributed by atoms with Crippen LogP contribution >= 0.6 is 11.8 Å². The van der Waals surface area contributed by atoms with E-state index in [1.807, 2.05) is 74.6 Å². The number of benzene rings is 2. The predicted molar refractivity (Wildman–Crippen MR) is 111 cm³/mol. The molecule has 0 saturated carbocycles. The first-order valence-corrected chi connectivity index (χ1v) is 10.0. The van der Waals surface area contributed by atoms with E-state index in [4.69, 9.17) is 4.42 Å². The number of nitrogens with one attached hydrogen (secondary N) is 1. The molecule has 0 aliphatic carbocycles. The number of carbonyl (C=O) groups is 1. The van der Waals surface area contributed by atoms with Gasteiger partial charge in [0.2, 0.25) is 5.91 Å². The van der Waals surface area contributed by atoms with Crippen molar-refractivity contribution in [3.63, 3.8) is 0 Å². The van der Waals surface area contributed by atoms with Gasteiger partial charge in [-0.15, -0.1) is 10.2 Å². The van der Waals surface area contributed by atoms with Crippen molar-refractivity contribution >= 4 is 34.3 Å². The zero-order valence-corrected chi connectivity index (χ0v) is 16.4. The number of fused-ring (bicyclic) bond motifs is 1. The highest BCUT2D eigenvalue weighted by atomic mass is 32.2. The Bertz CT molecular complexity index is 1090. The lowest BCUT2D eigenvalue weighted by atomic mass is 10.2. The van der Waals surface area contributed by atoms with Crippen molar-refractivity contribution in [3.05, 3.63) is 60.8 Å². The van der Waals surface area contributed by atoms with Gasteiger partial charge in [0.1, 0.15) is 0 Å². The highest BCUT2D eigenvalue weighted by molar-refractivity contribution is 7.99. The number of aromatic nitrogens is 3. The highest BCUT2D eigenvalue weighted by Gasteiger charge is 2.20. The molecule has 2 aromatic heterocycles. The Morgan fingerprint density at radius 1 is 1.11 bits per heavy atom. The maximum absolute atomic E-state index is 12.8. The summed E-state index contributed by atoms with van der Waals surface area (Å²) in [5.41, 5.74) is 2.75. The molecule has 7 heteroatoms. The Morgan fingerprint density at radius 2 is 1.86 bits per heavy atom. The van der Waals surface area contributed by atoms with Gasteiger partial charge in [-0.3, -0.25) is 4.79 Å². The molecule has 4 rings (SSSR count). The quantitative estimate of drug-likeness (QED) is 0.479. The molecule has 1 amide bonds. The molecule has 28 heavy (non-hydrogen) atoms. The summed E-state index contributed by atoms with van der Waals surface area (Å²) in [7, 11) is 0. The van der Waals surface area contributed by atoms with Crippen LogP contribution in [-0.2, 0) is 4.79 Å². The average Bonchev–Trinajstić information content (AvgIpc) is 3.34. The average molecular weight is 392 g/mol. The first-order chi connectivity index (χ1) is 13.6. The molecular formula is C21H20N4O2S. The smallest absolute Gasteiger partial charge is 0.277 e. The van der Waals surface area contributed by atoms with Crippen LogP contribution in [0.5, 0.6) is 0 Å². The van der Waals surface area contributed by atoms with E-state index >= 15 is 0 Å². The van der Waals surface area contributed by atoms with Crippen LogP contribution in [0, 0.1) is 0 Å². The number of carbonyl (C=O) groups excluding carboxylic acids is 1. The lowest BCUT2D eigenvalue weighted by molar-refractivity contribution is -0.116. The van der Waals surface area contributed by atoms with E-state index in [1.165, 1.54) is 11.8 Å². The third-order valence-corrected chi connectivity index (χ3v) is 5.17. The summed E-state index contributed by atoms with van der Waals surface area (Å²) in [5, 5.41) is 9.63. The van der Waals surface area contributed by atoms with Crippen molar-refractivity contribution < 1.29 is 9.21 Å². The molecule has 0 bridgehead atoms. The van der Waals surface area contributed by atoms with Crippen LogP contribution in [0.4, 0.5) is 5.69 Å². The number of hydrogen-bond donors (Lipinski definition) is 1. The molecule has 0 aliphatic rings. The molecule has 0 saturated heterocycles. The molecule has 6 nitrogen and oxygen atoms in total. The van der Waals surface area contributed by atoms with E-state index in [9.17, 15) is 4.79 Å². The zero-order chi connectivity index (χ0) is 19.5. The van der Waals surface area contributed by atoms with E-state index < -0.39 is 0 Å². The molecule has 0 fully saturated rings. The largest absolute Gasteiger partial charge is 0.411 e.